The van der Waals surface area contributed by atoms with Crippen LogP contribution in [-0.2, 0) is 16.0 Å². The summed E-state index contributed by atoms with van der Waals surface area (Å²) in [6.07, 6.45) is 2.84. The summed E-state index contributed by atoms with van der Waals surface area (Å²) in [4.78, 5) is 14.1. The minimum Gasteiger partial charge on any atom is -0.372 e. The van der Waals surface area contributed by atoms with Crippen LogP contribution in [0.3, 0.4) is 0 Å². The summed E-state index contributed by atoms with van der Waals surface area (Å²) in [5.74, 6) is 0.262. The average molecular weight is 261 g/mol. The highest BCUT2D eigenvalue weighted by Crippen LogP contribution is 2.13. The van der Waals surface area contributed by atoms with Gasteiger partial charge < -0.3 is 9.64 Å². The van der Waals surface area contributed by atoms with E-state index in [1.807, 2.05) is 36.9 Å². The van der Waals surface area contributed by atoms with E-state index in [9.17, 15) is 4.79 Å². The molecule has 1 fully saturated rings. The zero-order chi connectivity index (χ0) is 13.7. The summed E-state index contributed by atoms with van der Waals surface area (Å²) >= 11 is 0. The average Bonchev–Trinajstić information content (AvgIpc) is 2.38. The van der Waals surface area contributed by atoms with Crippen molar-refractivity contribution in [2.24, 2.45) is 0 Å². The maximum atomic E-state index is 12.1. The van der Waals surface area contributed by atoms with Gasteiger partial charge in [0.05, 0.1) is 12.2 Å². The summed E-state index contributed by atoms with van der Waals surface area (Å²) in [5.41, 5.74) is 1.30. The van der Waals surface area contributed by atoms with Crippen molar-refractivity contribution in [3.63, 3.8) is 0 Å². The third-order valence-electron chi connectivity index (χ3n) is 3.47. The number of aryl methyl sites for hydroxylation is 1. The largest absolute Gasteiger partial charge is 0.372 e. The quantitative estimate of drug-likeness (QED) is 0.834. The van der Waals surface area contributed by atoms with Gasteiger partial charge in [0.25, 0.3) is 0 Å². The minimum atomic E-state index is 0.154. The zero-order valence-electron chi connectivity index (χ0n) is 11.8. The van der Waals surface area contributed by atoms with Crippen molar-refractivity contribution < 1.29 is 9.53 Å². The predicted molar refractivity (Wildman–Crippen MR) is 76.0 cm³/mol. The predicted octanol–water partition coefficient (Wildman–Crippen LogP) is 2.65. The molecule has 3 heteroatoms. The molecule has 2 rings (SSSR count). The van der Waals surface area contributed by atoms with E-state index in [1.165, 1.54) is 5.56 Å². The highest BCUT2D eigenvalue weighted by molar-refractivity contribution is 5.76. The second-order valence-corrected chi connectivity index (χ2v) is 5.40. The van der Waals surface area contributed by atoms with Crippen LogP contribution in [0.15, 0.2) is 30.3 Å². The number of ether oxygens (including phenoxy) is 1. The second-order valence-electron chi connectivity index (χ2n) is 5.40. The molecular weight excluding hydrogens is 238 g/mol. The number of amides is 1. The van der Waals surface area contributed by atoms with Crippen LogP contribution in [0.25, 0.3) is 0 Å². The van der Waals surface area contributed by atoms with E-state index in [-0.39, 0.29) is 18.1 Å². The maximum Gasteiger partial charge on any atom is 0.222 e. The van der Waals surface area contributed by atoms with Gasteiger partial charge in [0.15, 0.2) is 0 Å². The number of nitrogens with zero attached hydrogens (tertiary/aromatic N) is 1. The lowest BCUT2D eigenvalue weighted by molar-refractivity contribution is -0.143. The van der Waals surface area contributed by atoms with E-state index in [1.54, 1.807) is 0 Å². The first-order chi connectivity index (χ1) is 9.15. The van der Waals surface area contributed by atoms with Crippen LogP contribution >= 0.6 is 0 Å². The van der Waals surface area contributed by atoms with Crippen LogP contribution in [0, 0.1) is 0 Å². The van der Waals surface area contributed by atoms with Crippen LogP contribution in [0.5, 0.6) is 0 Å². The van der Waals surface area contributed by atoms with Gasteiger partial charge in [-0.25, -0.2) is 0 Å². The molecule has 1 aromatic carbocycles. The molecular formula is C16H23NO2. The van der Waals surface area contributed by atoms with Gasteiger partial charge in [-0.15, -0.1) is 0 Å². The molecule has 1 aliphatic heterocycles. The number of hydrogen-bond acceptors (Lipinski definition) is 2. The maximum absolute atomic E-state index is 12.1. The standard InChI is InChI=1S/C16H23NO2/c1-13-11-17(12-14(2)19-13)16(18)10-6-9-15-7-4-3-5-8-15/h3-5,7-8,13-14H,6,9-12H2,1-2H3/t13-,14-/m0/s1. The van der Waals surface area contributed by atoms with Gasteiger partial charge in [0, 0.05) is 19.5 Å². The Labute approximate surface area is 115 Å². The van der Waals surface area contributed by atoms with Gasteiger partial charge >= 0.3 is 0 Å². The molecule has 0 radical (unpaired) electrons. The molecule has 1 aromatic rings. The molecule has 0 bridgehead atoms. The van der Waals surface area contributed by atoms with Crippen molar-refractivity contribution in [2.45, 2.75) is 45.3 Å². The third kappa shape index (κ3) is 4.35. The van der Waals surface area contributed by atoms with Crippen LogP contribution in [-0.4, -0.2) is 36.1 Å². The number of carbonyl (C=O) groups is 1. The molecule has 3 nitrogen and oxygen atoms in total. The van der Waals surface area contributed by atoms with Gasteiger partial charge in [-0.2, -0.15) is 0 Å². The Kier molecular flexibility index (Phi) is 4.97. The molecule has 0 unspecified atom stereocenters. The first kappa shape index (κ1) is 14.1. The lowest BCUT2D eigenvalue weighted by Gasteiger charge is -2.35. The molecule has 1 heterocycles. The number of carbonyl (C=O) groups excluding carboxylic acids is 1. The van der Waals surface area contributed by atoms with E-state index >= 15 is 0 Å². The molecule has 1 amide bonds. The highest BCUT2D eigenvalue weighted by atomic mass is 16.5. The van der Waals surface area contributed by atoms with Crippen molar-refractivity contribution in [2.75, 3.05) is 13.1 Å². The Hall–Kier alpha value is -1.35. The summed E-state index contributed by atoms with van der Waals surface area (Å²) in [7, 11) is 0. The fraction of sp³-hybridized carbons (Fsp3) is 0.562. The normalized spacial score (nSPS) is 23.4. The molecule has 2 atom stereocenters. The van der Waals surface area contributed by atoms with Crippen molar-refractivity contribution >= 4 is 5.91 Å². The number of hydrogen-bond donors (Lipinski definition) is 0. The van der Waals surface area contributed by atoms with Gasteiger partial charge in [-0.3, -0.25) is 4.79 Å². The number of benzene rings is 1. The topological polar surface area (TPSA) is 29.5 Å². The van der Waals surface area contributed by atoms with Crippen LogP contribution in [0.2, 0.25) is 0 Å². The van der Waals surface area contributed by atoms with E-state index in [0.29, 0.717) is 6.42 Å². The first-order valence-electron chi connectivity index (χ1n) is 7.12. The van der Waals surface area contributed by atoms with Gasteiger partial charge in [-0.05, 0) is 32.3 Å². The molecule has 0 N–H and O–H groups in total. The van der Waals surface area contributed by atoms with Crippen LogP contribution < -0.4 is 0 Å². The van der Waals surface area contributed by atoms with Crippen molar-refractivity contribution in [3.05, 3.63) is 35.9 Å². The van der Waals surface area contributed by atoms with E-state index in [0.717, 1.165) is 25.9 Å². The minimum absolute atomic E-state index is 0.154. The van der Waals surface area contributed by atoms with E-state index in [4.69, 9.17) is 4.74 Å². The number of morpholine rings is 1. The van der Waals surface area contributed by atoms with Gasteiger partial charge in [0.2, 0.25) is 5.91 Å². The fourth-order valence-electron chi connectivity index (χ4n) is 2.63. The van der Waals surface area contributed by atoms with Crippen LogP contribution in [0.1, 0.15) is 32.3 Å². The summed E-state index contributed by atoms with van der Waals surface area (Å²) in [6.45, 7) is 5.52. The second kappa shape index (κ2) is 6.71. The molecule has 104 valence electrons. The van der Waals surface area contributed by atoms with Crippen molar-refractivity contribution in [3.8, 4) is 0 Å². The summed E-state index contributed by atoms with van der Waals surface area (Å²) in [6, 6.07) is 10.3. The van der Waals surface area contributed by atoms with Crippen LogP contribution in [0.4, 0.5) is 0 Å². The van der Waals surface area contributed by atoms with Gasteiger partial charge in [-0.1, -0.05) is 30.3 Å². The Morgan fingerprint density at radius 3 is 2.47 bits per heavy atom. The molecule has 0 aliphatic carbocycles. The summed E-state index contributed by atoms with van der Waals surface area (Å²) < 4.78 is 5.65. The van der Waals surface area contributed by atoms with Crippen molar-refractivity contribution in [1.82, 2.24) is 4.90 Å². The monoisotopic (exact) mass is 261 g/mol. The Balaban J connectivity index is 1.75. The zero-order valence-corrected chi connectivity index (χ0v) is 11.8. The van der Waals surface area contributed by atoms with Crippen molar-refractivity contribution in [1.29, 1.82) is 0 Å². The lowest BCUT2D eigenvalue weighted by atomic mass is 10.1. The summed E-state index contributed by atoms with van der Waals surface area (Å²) in [5, 5.41) is 0. The molecule has 19 heavy (non-hydrogen) atoms. The Morgan fingerprint density at radius 2 is 1.84 bits per heavy atom. The van der Waals surface area contributed by atoms with E-state index < -0.39 is 0 Å². The molecule has 0 spiro atoms. The molecule has 0 aromatic heterocycles. The Bertz CT molecular complexity index is 394. The Morgan fingerprint density at radius 1 is 1.21 bits per heavy atom. The first-order valence-corrected chi connectivity index (χ1v) is 7.12. The highest BCUT2D eigenvalue weighted by Gasteiger charge is 2.25. The third-order valence-corrected chi connectivity index (χ3v) is 3.47. The molecule has 1 aliphatic rings. The molecule has 1 saturated heterocycles. The fourth-order valence-corrected chi connectivity index (χ4v) is 2.63. The molecule has 0 saturated carbocycles. The lowest BCUT2D eigenvalue weighted by Crippen LogP contribution is -2.48. The van der Waals surface area contributed by atoms with E-state index in [2.05, 4.69) is 12.1 Å². The van der Waals surface area contributed by atoms with Gasteiger partial charge in [0.1, 0.15) is 0 Å². The number of rotatable bonds is 4. The smallest absolute Gasteiger partial charge is 0.222 e. The SMILES string of the molecule is C[C@H]1CN(C(=O)CCCc2ccccc2)C[C@H](C)O1.